The van der Waals surface area contributed by atoms with Gasteiger partial charge in [-0.25, -0.2) is 0 Å². The molecule has 0 amide bonds. The van der Waals surface area contributed by atoms with Crippen LogP contribution in [0.4, 0.5) is 0 Å². The molecule has 1 aromatic rings. The van der Waals surface area contributed by atoms with E-state index in [0.29, 0.717) is 24.3 Å². The standard InChI is InChI=1S/C25H40O4/c1-4-7-8-9-12-19-24(26)28-22-17-14-15-18-23(22)29-25(27)20-13-10-11-16-21(5-2)6-3/h14-15,17-18,21H,4-13,16,19-20H2,1-3H3. The Balaban J connectivity index is 2.35. The maximum atomic E-state index is 12.2. The highest BCUT2D eigenvalue weighted by Gasteiger charge is 2.13. The van der Waals surface area contributed by atoms with Crippen molar-refractivity contribution < 1.29 is 19.1 Å². The van der Waals surface area contributed by atoms with Crippen LogP contribution < -0.4 is 9.47 Å². The third-order valence-corrected chi connectivity index (χ3v) is 5.43. The van der Waals surface area contributed by atoms with E-state index in [1.54, 1.807) is 24.3 Å². The molecule has 4 heteroatoms. The molecular weight excluding hydrogens is 364 g/mol. The van der Waals surface area contributed by atoms with Crippen molar-refractivity contribution in [2.75, 3.05) is 0 Å². The zero-order valence-corrected chi connectivity index (χ0v) is 18.7. The molecular formula is C25H40O4. The van der Waals surface area contributed by atoms with Crippen molar-refractivity contribution in [2.24, 2.45) is 5.92 Å². The number of esters is 2. The number of carbonyl (C=O) groups excluding carboxylic acids is 2. The van der Waals surface area contributed by atoms with E-state index in [9.17, 15) is 9.59 Å². The van der Waals surface area contributed by atoms with Gasteiger partial charge in [0.15, 0.2) is 11.5 Å². The van der Waals surface area contributed by atoms with E-state index in [-0.39, 0.29) is 11.9 Å². The van der Waals surface area contributed by atoms with Crippen molar-refractivity contribution in [3.05, 3.63) is 24.3 Å². The van der Waals surface area contributed by atoms with E-state index < -0.39 is 0 Å². The summed E-state index contributed by atoms with van der Waals surface area (Å²) in [4.78, 5) is 24.2. The highest BCUT2D eigenvalue weighted by atomic mass is 16.6. The smallest absolute Gasteiger partial charge is 0.311 e. The summed E-state index contributed by atoms with van der Waals surface area (Å²) in [5, 5.41) is 0. The zero-order chi connectivity index (χ0) is 21.3. The van der Waals surface area contributed by atoms with Crippen molar-refractivity contribution in [1.29, 1.82) is 0 Å². The molecule has 0 bridgehead atoms. The van der Waals surface area contributed by atoms with Crippen LogP contribution in [0.15, 0.2) is 24.3 Å². The molecule has 0 N–H and O–H groups in total. The van der Waals surface area contributed by atoms with Gasteiger partial charge in [-0.2, -0.15) is 0 Å². The van der Waals surface area contributed by atoms with E-state index >= 15 is 0 Å². The molecule has 164 valence electrons. The van der Waals surface area contributed by atoms with Gasteiger partial charge in [0.25, 0.3) is 0 Å². The number of ether oxygens (including phenoxy) is 2. The van der Waals surface area contributed by atoms with Crippen LogP contribution in [0.1, 0.15) is 104 Å². The Morgan fingerprint density at radius 3 is 1.69 bits per heavy atom. The average Bonchev–Trinajstić information content (AvgIpc) is 2.72. The van der Waals surface area contributed by atoms with Gasteiger partial charge in [-0.3, -0.25) is 9.59 Å². The second kappa shape index (κ2) is 16.0. The predicted molar refractivity (Wildman–Crippen MR) is 118 cm³/mol. The van der Waals surface area contributed by atoms with Crippen LogP contribution >= 0.6 is 0 Å². The fraction of sp³-hybridized carbons (Fsp3) is 0.680. The number of hydrogen-bond acceptors (Lipinski definition) is 4. The van der Waals surface area contributed by atoms with Gasteiger partial charge in [0, 0.05) is 12.8 Å². The predicted octanol–water partition coefficient (Wildman–Crippen LogP) is 7.24. The molecule has 0 heterocycles. The first kappa shape index (κ1) is 25.2. The van der Waals surface area contributed by atoms with Gasteiger partial charge < -0.3 is 9.47 Å². The first-order valence-electron chi connectivity index (χ1n) is 11.6. The second-order valence-electron chi connectivity index (χ2n) is 7.84. The van der Waals surface area contributed by atoms with Crippen LogP contribution in [0, 0.1) is 5.92 Å². The first-order valence-corrected chi connectivity index (χ1v) is 11.6. The van der Waals surface area contributed by atoms with Gasteiger partial charge in [0.2, 0.25) is 0 Å². The molecule has 0 fully saturated rings. The summed E-state index contributed by atoms with van der Waals surface area (Å²) >= 11 is 0. The van der Waals surface area contributed by atoms with E-state index in [4.69, 9.17) is 9.47 Å². The van der Waals surface area contributed by atoms with Crippen molar-refractivity contribution in [3.8, 4) is 11.5 Å². The Hall–Kier alpha value is -1.84. The van der Waals surface area contributed by atoms with E-state index in [0.717, 1.165) is 44.4 Å². The number of hydrogen-bond donors (Lipinski definition) is 0. The molecule has 4 nitrogen and oxygen atoms in total. The molecule has 0 saturated heterocycles. The minimum atomic E-state index is -0.272. The Labute approximate surface area is 177 Å². The highest BCUT2D eigenvalue weighted by molar-refractivity contribution is 5.76. The van der Waals surface area contributed by atoms with Gasteiger partial charge in [0.1, 0.15) is 0 Å². The monoisotopic (exact) mass is 404 g/mol. The fourth-order valence-corrected chi connectivity index (χ4v) is 3.42. The third kappa shape index (κ3) is 11.7. The van der Waals surface area contributed by atoms with Gasteiger partial charge in [-0.05, 0) is 30.9 Å². The molecule has 0 saturated carbocycles. The maximum absolute atomic E-state index is 12.2. The Morgan fingerprint density at radius 2 is 1.21 bits per heavy atom. The van der Waals surface area contributed by atoms with Crippen LogP contribution in [0.25, 0.3) is 0 Å². The van der Waals surface area contributed by atoms with Gasteiger partial charge >= 0.3 is 11.9 Å². The normalized spacial score (nSPS) is 10.9. The molecule has 0 aromatic heterocycles. The minimum Gasteiger partial charge on any atom is -0.423 e. The summed E-state index contributed by atoms with van der Waals surface area (Å²) in [6, 6.07) is 6.90. The van der Waals surface area contributed by atoms with E-state index in [1.165, 1.54) is 32.1 Å². The lowest BCUT2D eigenvalue weighted by Crippen LogP contribution is -2.12. The molecule has 0 radical (unpaired) electrons. The minimum absolute atomic E-state index is 0.268. The lowest BCUT2D eigenvalue weighted by molar-refractivity contribution is -0.137. The molecule has 1 rings (SSSR count). The van der Waals surface area contributed by atoms with E-state index in [2.05, 4.69) is 20.8 Å². The molecule has 0 unspecified atom stereocenters. The molecule has 0 aliphatic carbocycles. The number of carbonyl (C=O) groups is 2. The van der Waals surface area contributed by atoms with Gasteiger partial charge in [0.05, 0.1) is 0 Å². The van der Waals surface area contributed by atoms with E-state index in [1.807, 2.05) is 0 Å². The maximum Gasteiger partial charge on any atom is 0.311 e. The topological polar surface area (TPSA) is 52.6 Å². The highest BCUT2D eigenvalue weighted by Crippen LogP contribution is 2.27. The molecule has 0 atom stereocenters. The number of unbranched alkanes of at least 4 members (excludes halogenated alkanes) is 6. The summed E-state index contributed by atoms with van der Waals surface area (Å²) in [6.45, 7) is 6.64. The quantitative estimate of drug-likeness (QED) is 0.165. The van der Waals surface area contributed by atoms with Crippen LogP contribution in [0.3, 0.4) is 0 Å². The largest absolute Gasteiger partial charge is 0.423 e. The molecule has 0 aliphatic heterocycles. The summed E-state index contributed by atoms with van der Waals surface area (Å²) < 4.78 is 10.9. The zero-order valence-electron chi connectivity index (χ0n) is 18.7. The Kier molecular flexibility index (Phi) is 13.9. The van der Waals surface area contributed by atoms with Crippen molar-refractivity contribution in [1.82, 2.24) is 0 Å². The fourth-order valence-electron chi connectivity index (χ4n) is 3.42. The molecule has 1 aromatic carbocycles. The summed E-state index contributed by atoms with van der Waals surface area (Å²) in [6.07, 6.45) is 12.9. The number of rotatable bonds is 16. The first-order chi connectivity index (χ1) is 14.1. The van der Waals surface area contributed by atoms with Gasteiger partial charge in [-0.15, -0.1) is 0 Å². The van der Waals surface area contributed by atoms with Crippen LogP contribution in [-0.4, -0.2) is 11.9 Å². The number of benzene rings is 1. The molecule has 0 spiro atoms. The lowest BCUT2D eigenvalue weighted by atomic mass is 9.96. The van der Waals surface area contributed by atoms with Crippen LogP contribution in [-0.2, 0) is 9.59 Å². The average molecular weight is 405 g/mol. The van der Waals surface area contributed by atoms with Crippen molar-refractivity contribution in [3.63, 3.8) is 0 Å². The third-order valence-electron chi connectivity index (χ3n) is 5.43. The Morgan fingerprint density at radius 1 is 0.724 bits per heavy atom. The molecule has 0 aliphatic rings. The lowest BCUT2D eigenvalue weighted by Gasteiger charge is -2.12. The van der Waals surface area contributed by atoms with Crippen molar-refractivity contribution >= 4 is 11.9 Å². The second-order valence-corrected chi connectivity index (χ2v) is 7.84. The molecule has 29 heavy (non-hydrogen) atoms. The summed E-state index contributed by atoms with van der Waals surface area (Å²) in [7, 11) is 0. The Bertz CT molecular complexity index is 578. The SMILES string of the molecule is CCCCCCCC(=O)Oc1ccccc1OC(=O)CCCCCC(CC)CC. The van der Waals surface area contributed by atoms with Crippen LogP contribution in [0.5, 0.6) is 11.5 Å². The van der Waals surface area contributed by atoms with Gasteiger partial charge in [-0.1, -0.05) is 90.7 Å². The number of para-hydroxylation sites is 2. The summed E-state index contributed by atoms with van der Waals surface area (Å²) in [5.41, 5.74) is 0. The van der Waals surface area contributed by atoms with Crippen molar-refractivity contribution in [2.45, 2.75) is 104 Å². The van der Waals surface area contributed by atoms with Crippen LogP contribution in [0.2, 0.25) is 0 Å². The summed E-state index contributed by atoms with van der Waals surface area (Å²) in [5.74, 6) is 0.916.